The summed E-state index contributed by atoms with van der Waals surface area (Å²) in [6.07, 6.45) is -1.41. The third kappa shape index (κ3) is 10.7. The molecular formula is C18H28N4O9S. The van der Waals surface area contributed by atoms with Crippen molar-refractivity contribution in [2.24, 2.45) is 5.92 Å². The van der Waals surface area contributed by atoms with E-state index in [1.807, 2.05) is 0 Å². The lowest BCUT2D eigenvalue weighted by molar-refractivity contribution is -0.141. The number of hydrogen-bond acceptors (Lipinski definition) is 7. The third-order valence-electron chi connectivity index (χ3n) is 4.07. The van der Waals surface area contributed by atoms with E-state index >= 15 is 0 Å². The normalized spacial score (nSPS) is 14.3. The molecule has 6 N–H and O–H groups in total. The number of carbonyl (C=O) groups is 7. The number of carboxylic acids is 2. The smallest absolute Gasteiger partial charge is 0.305 e. The number of amides is 4. The van der Waals surface area contributed by atoms with E-state index in [9.17, 15) is 33.6 Å². The maximum Gasteiger partial charge on any atom is 0.305 e. The molecule has 0 spiro atoms. The fraction of sp³-hybridized carbons (Fsp3) is 0.611. The molecule has 0 aliphatic rings. The van der Waals surface area contributed by atoms with Gasteiger partial charge in [0.15, 0.2) is 0 Å². The summed E-state index contributed by atoms with van der Waals surface area (Å²) in [6, 6.07) is -5.23. The molecule has 32 heavy (non-hydrogen) atoms. The number of aliphatic carboxylic acids is 2. The van der Waals surface area contributed by atoms with Crippen LogP contribution in [0.3, 0.4) is 0 Å². The molecular weight excluding hydrogens is 448 g/mol. The van der Waals surface area contributed by atoms with Crippen LogP contribution in [-0.4, -0.2) is 75.1 Å². The first-order valence-corrected chi connectivity index (χ1v) is 9.95. The van der Waals surface area contributed by atoms with Crippen LogP contribution in [0, 0.1) is 5.92 Å². The highest BCUT2D eigenvalue weighted by atomic mass is 32.1. The Balaban J connectivity index is 5.25. The number of thiol groups is 1. The molecule has 0 saturated carbocycles. The van der Waals surface area contributed by atoms with Crippen LogP contribution in [0.5, 0.6) is 0 Å². The topological polar surface area (TPSA) is 208 Å². The van der Waals surface area contributed by atoms with Gasteiger partial charge in [0.1, 0.15) is 24.2 Å². The van der Waals surface area contributed by atoms with Crippen LogP contribution in [-0.2, 0) is 33.6 Å². The molecule has 180 valence electrons. The molecule has 0 radical (unpaired) electrons. The molecule has 0 aromatic heterocycles. The Bertz CT molecular complexity index is 756. The zero-order valence-electron chi connectivity index (χ0n) is 18.0. The third-order valence-corrected chi connectivity index (χ3v) is 4.38. The second-order valence-corrected chi connectivity index (χ2v) is 7.75. The minimum atomic E-state index is -1.42. The maximum absolute atomic E-state index is 12.6. The number of rotatable bonds is 13. The predicted molar refractivity (Wildman–Crippen MR) is 112 cm³/mol. The zero-order valence-corrected chi connectivity index (χ0v) is 18.9. The Morgan fingerprint density at radius 1 is 0.719 bits per heavy atom. The average Bonchev–Trinajstić information content (AvgIpc) is 2.62. The van der Waals surface area contributed by atoms with Gasteiger partial charge in [-0.25, -0.2) is 0 Å². The largest absolute Gasteiger partial charge is 0.481 e. The van der Waals surface area contributed by atoms with E-state index < -0.39 is 83.6 Å². The first kappa shape index (κ1) is 28.8. The van der Waals surface area contributed by atoms with Crippen LogP contribution in [0.1, 0.15) is 40.5 Å². The monoisotopic (exact) mass is 476 g/mol. The van der Waals surface area contributed by atoms with Crippen molar-refractivity contribution in [3.63, 3.8) is 0 Å². The molecule has 0 bridgehead atoms. The van der Waals surface area contributed by atoms with Gasteiger partial charge in [0.05, 0.1) is 12.8 Å². The van der Waals surface area contributed by atoms with Gasteiger partial charge in [-0.05, 0) is 12.8 Å². The van der Waals surface area contributed by atoms with Crippen molar-refractivity contribution >= 4 is 53.3 Å². The SMILES string of the molecule is CC(=O)N[C@@H](CC(=O)O)C(=O)N[C@H](C(=O)N[C@@H](C)C(=O)N[C@@H](CC(=O)O)C(=O)S)C(C)C. The van der Waals surface area contributed by atoms with E-state index in [-0.39, 0.29) is 0 Å². The molecule has 0 rings (SSSR count). The second kappa shape index (κ2) is 13.3. The highest BCUT2D eigenvalue weighted by Crippen LogP contribution is 2.05. The Labute approximate surface area is 189 Å². The van der Waals surface area contributed by atoms with Crippen molar-refractivity contribution in [2.75, 3.05) is 0 Å². The lowest BCUT2D eigenvalue weighted by Crippen LogP contribution is -2.58. The highest BCUT2D eigenvalue weighted by molar-refractivity contribution is 7.96. The van der Waals surface area contributed by atoms with Crippen LogP contribution in [0.15, 0.2) is 0 Å². The minimum absolute atomic E-state index is 0.490. The predicted octanol–water partition coefficient (Wildman–Crippen LogP) is -1.97. The van der Waals surface area contributed by atoms with Crippen molar-refractivity contribution in [1.82, 2.24) is 21.3 Å². The molecule has 0 saturated heterocycles. The first-order valence-electron chi connectivity index (χ1n) is 9.50. The van der Waals surface area contributed by atoms with Gasteiger partial charge in [0.2, 0.25) is 28.7 Å². The van der Waals surface area contributed by atoms with E-state index in [0.29, 0.717) is 0 Å². The van der Waals surface area contributed by atoms with Crippen LogP contribution in [0.4, 0.5) is 0 Å². The van der Waals surface area contributed by atoms with Crippen LogP contribution in [0.25, 0.3) is 0 Å². The van der Waals surface area contributed by atoms with E-state index in [2.05, 4.69) is 33.9 Å². The van der Waals surface area contributed by atoms with Gasteiger partial charge in [-0.2, -0.15) is 0 Å². The molecule has 4 atom stereocenters. The molecule has 0 unspecified atom stereocenters. The Morgan fingerprint density at radius 2 is 1.22 bits per heavy atom. The number of nitrogens with one attached hydrogen (secondary N) is 4. The van der Waals surface area contributed by atoms with Gasteiger partial charge in [-0.3, -0.25) is 33.6 Å². The van der Waals surface area contributed by atoms with Gasteiger partial charge in [0, 0.05) is 6.92 Å². The Morgan fingerprint density at radius 3 is 1.62 bits per heavy atom. The standard InChI is InChI=1S/C18H28N4O9S/c1-7(2)14(22-16(29)10(5-12(24)25)20-9(4)23)17(30)19-8(3)15(28)21-11(18(31)32)6-13(26)27/h7-8,10-11,14H,5-6H2,1-4H3,(H,19,30)(H,20,23)(H,21,28)(H,22,29)(H,24,25)(H,26,27)(H,31,32)/t8-,10-,11-,14-/m0/s1. The van der Waals surface area contributed by atoms with E-state index in [1.54, 1.807) is 13.8 Å². The molecule has 0 heterocycles. The van der Waals surface area contributed by atoms with Gasteiger partial charge in [-0.15, -0.1) is 12.6 Å². The average molecular weight is 477 g/mol. The van der Waals surface area contributed by atoms with Crippen molar-refractivity contribution in [3.05, 3.63) is 0 Å². The quantitative estimate of drug-likeness (QED) is 0.147. The van der Waals surface area contributed by atoms with Crippen LogP contribution in [0.2, 0.25) is 0 Å². The number of carbonyl (C=O) groups excluding carboxylic acids is 5. The summed E-state index contributed by atoms with van der Waals surface area (Å²) in [5, 5.41) is 25.9. The Hall–Kier alpha value is -3.16. The van der Waals surface area contributed by atoms with Crippen LogP contribution >= 0.6 is 12.6 Å². The molecule has 13 nitrogen and oxygen atoms in total. The number of carboxylic acid groups (broad SMARTS) is 2. The summed E-state index contributed by atoms with van der Waals surface area (Å²) in [7, 11) is 0. The summed E-state index contributed by atoms with van der Waals surface area (Å²) < 4.78 is 0. The van der Waals surface area contributed by atoms with Crippen molar-refractivity contribution in [1.29, 1.82) is 0 Å². The fourth-order valence-corrected chi connectivity index (χ4v) is 2.61. The molecule has 14 heteroatoms. The summed E-state index contributed by atoms with van der Waals surface area (Å²) in [4.78, 5) is 81.6. The van der Waals surface area contributed by atoms with E-state index in [0.717, 1.165) is 6.92 Å². The molecule has 0 aliphatic heterocycles. The summed E-state index contributed by atoms with van der Waals surface area (Å²) >= 11 is 3.52. The van der Waals surface area contributed by atoms with Crippen molar-refractivity contribution in [3.8, 4) is 0 Å². The lowest BCUT2D eigenvalue weighted by atomic mass is 10.0. The van der Waals surface area contributed by atoms with Gasteiger partial charge < -0.3 is 31.5 Å². The minimum Gasteiger partial charge on any atom is -0.481 e. The van der Waals surface area contributed by atoms with Gasteiger partial charge >= 0.3 is 11.9 Å². The first-order chi connectivity index (χ1) is 14.6. The van der Waals surface area contributed by atoms with E-state index in [4.69, 9.17) is 10.2 Å². The van der Waals surface area contributed by atoms with Crippen molar-refractivity contribution in [2.45, 2.75) is 64.7 Å². The molecule has 0 fully saturated rings. The maximum atomic E-state index is 12.6. The van der Waals surface area contributed by atoms with Gasteiger partial charge in [0.25, 0.3) is 0 Å². The molecule has 4 amide bonds. The second-order valence-electron chi connectivity index (χ2n) is 7.31. The van der Waals surface area contributed by atoms with E-state index in [1.165, 1.54) is 6.92 Å². The molecule has 0 aliphatic carbocycles. The zero-order chi connectivity index (χ0) is 25.2. The van der Waals surface area contributed by atoms with Crippen molar-refractivity contribution < 1.29 is 43.8 Å². The summed E-state index contributed by atoms with van der Waals surface area (Å²) in [5.74, 6) is -6.37. The molecule has 0 aromatic rings. The van der Waals surface area contributed by atoms with Crippen LogP contribution < -0.4 is 21.3 Å². The number of hydrogen-bond donors (Lipinski definition) is 7. The lowest BCUT2D eigenvalue weighted by Gasteiger charge is -2.26. The van der Waals surface area contributed by atoms with Gasteiger partial charge in [-0.1, -0.05) is 13.8 Å². The molecule has 0 aromatic carbocycles. The highest BCUT2D eigenvalue weighted by Gasteiger charge is 2.31. The summed E-state index contributed by atoms with van der Waals surface area (Å²) in [6.45, 7) is 5.55. The summed E-state index contributed by atoms with van der Waals surface area (Å²) in [5.41, 5.74) is 0. The Kier molecular flexibility index (Phi) is 12.0. The fourth-order valence-electron chi connectivity index (χ4n) is 2.46.